The van der Waals surface area contributed by atoms with Crippen LogP contribution in [-0.4, -0.2) is 58.1 Å². The molecule has 1 rings (SSSR count). The van der Waals surface area contributed by atoms with Gasteiger partial charge in [0, 0.05) is 17.8 Å². The first-order valence-electron chi connectivity index (χ1n) is 6.34. The van der Waals surface area contributed by atoms with E-state index in [-0.39, 0.29) is 17.3 Å². The van der Waals surface area contributed by atoms with Crippen LogP contribution in [-0.2, 0) is 9.84 Å². The molecule has 1 N–H and O–H groups in total. The predicted molar refractivity (Wildman–Crippen MR) is 72.1 cm³/mol. The van der Waals surface area contributed by atoms with Crippen LogP contribution in [0.25, 0.3) is 0 Å². The van der Waals surface area contributed by atoms with Gasteiger partial charge in [-0.1, -0.05) is 12.8 Å². The highest BCUT2D eigenvalue weighted by molar-refractivity contribution is 7.90. The fourth-order valence-corrected chi connectivity index (χ4v) is 3.77. The molecule has 1 aliphatic carbocycles. The third kappa shape index (κ3) is 3.66. The molecule has 0 saturated heterocycles. The molecule has 0 amide bonds. The Labute approximate surface area is 106 Å². The Bertz CT molecular complexity index is 332. The summed E-state index contributed by atoms with van der Waals surface area (Å²) < 4.78 is 22.6. The Hall–Kier alpha value is -0.130. The van der Waals surface area contributed by atoms with Crippen molar-refractivity contribution in [2.24, 2.45) is 0 Å². The second-order valence-electron chi connectivity index (χ2n) is 5.46. The van der Waals surface area contributed by atoms with Crippen molar-refractivity contribution in [2.75, 3.05) is 33.2 Å². The largest absolute Gasteiger partial charge is 0.315 e. The van der Waals surface area contributed by atoms with Crippen molar-refractivity contribution in [3.8, 4) is 0 Å². The lowest BCUT2D eigenvalue weighted by Gasteiger charge is -2.43. The second kappa shape index (κ2) is 5.67. The number of hydrogen-bond donors (Lipinski definition) is 1. The Kier molecular flexibility index (Phi) is 4.98. The molecule has 1 atom stereocenters. The lowest BCUT2D eigenvalue weighted by molar-refractivity contribution is 0.107. The van der Waals surface area contributed by atoms with Crippen molar-refractivity contribution >= 4 is 9.84 Å². The molecular formula is C12H26N2O2S. The highest BCUT2D eigenvalue weighted by atomic mass is 32.2. The van der Waals surface area contributed by atoms with E-state index >= 15 is 0 Å². The van der Waals surface area contributed by atoms with E-state index in [9.17, 15) is 8.42 Å². The number of likely N-dealkylation sites (N-methyl/N-ethyl adjacent to an activating group) is 2. The number of nitrogens with zero attached hydrogens (tertiary/aromatic N) is 1. The highest BCUT2D eigenvalue weighted by Gasteiger charge is 2.42. The second-order valence-corrected chi connectivity index (χ2v) is 7.72. The van der Waals surface area contributed by atoms with Gasteiger partial charge in [-0.05, 0) is 40.4 Å². The van der Waals surface area contributed by atoms with Gasteiger partial charge in [0.2, 0.25) is 0 Å². The van der Waals surface area contributed by atoms with E-state index in [1.54, 1.807) is 0 Å². The molecule has 0 aromatic carbocycles. The molecule has 1 fully saturated rings. The summed E-state index contributed by atoms with van der Waals surface area (Å²) >= 11 is 0. The highest BCUT2D eigenvalue weighted by Crippen LogP contribution is 2.37. The SMILES string of the molecule is CNC(CCS(C)(=O)=O)C1(N(C)C)CCCC1. The first-order valence-corrected chi connectivity index (χ1v) is 8.40. The van der Waals surface area contributed by atoms with Gasteiger partial charge >= 0.3 is 0 Å². The Morgan fingerprint density at radius 2 is 1.82 bits per heavy atom. The quantitative estimate of drug-likeness (QED) is 0.772. The van der Waals surface area contributed by atoms with Crippen LogP contribution in [0.15, 0.2) is 0 Å². The summed E-state index contributed by atoms with van der Waals surface area (Å²) in [5.41, 5.74) is 0.138. The van der Waals surface area contributed by atoms with E-state index in [0.29, 0.717) is 6.42 Å². The van der Waals surface area contributed by atoms with Gasteiger partial charge in [-0.25, -0.2) is 8.42 Å². The molecule has 102 valence electrons. The summed E-state index contributed by atoms with van der Waals surface area (Å²) in [6.45, 7) is 0. The molecule has 0 aromatic rings. The van der Waals surface area contributed by atoms with Crippen LogP contribution in [0, 0.1) is 0 Å². The van der Waals surface area contributed by atoms with E-state index in [1.807, 2.05) is 7.05 Å². The molecule has 5 heteroatoms. The minimum absolute atomic E-state index is 0.138. The van der Waals surface area contributed by atoms with Crippen LogP contribution in [0.1, 0.15) is 32.1 Å². The summed E-state index contributed by atoms with van der Waals surface area (Å²) in [6, 6.07) is 0.259. The molecule has 1 unspecified atom stereocenters. The molecule has 0 radical (unpaired) electrons. The van der Waals surface area contributed by atoms with Crippen molar-refractivity contribution in [3.05, 3.63) is 0 Å². The zero-order valence-corrected chi connectivity index (χ0v) is 12.3. The monoisotopic (exact) mass is 262 g/mol. The standard InChI is InChI=1S/C12H26N2O2S/c1-13-11(7-10-17(4,15)16)12(14(2)3)8-5-6-9-12/h11,13H,5-10H2,1-4H3. The van der Waals surface area contributed by atoms with Crippen molar-refractivity contribution in [1.29, 1.82) is 0 Å². The topological polar surface area (TPSA) is 49.4 Å². The van der Waals surface area contributed by atoms with Gasteiger partial charge in [0.15, 0.2) is 0 Å². The summed E-state index contributed by atoms with van der Waals surface area (Å²) in [7, 11) is 3.29. The van der Waals surface area contributed by atoms with Crippen LogP contribution in [0.2, 0.25) is 0 Å². The van der Waals surface area contributed by atoms with Gasteiger partial charge in [-0.15, -0.1) is 0 Å². The predicted octanol–water partition coefficient (Wildman–Crippen LogP) is 0.884. The fourth-order valence-electron chi connectivity index (χ4n) is 3.11. The zero-order valence-electron chi connectivity index (χ0n) is 11.5. The van der Waals surface area contributed by atoms with E-state index in [2.05, 4.69) is 24.3 Å². The number of hydrogen-bond acceptors (Lipinski definition) is 4. The minimum Gasteiger partial charge on any atom is -0.315 e. The number of sulfone groups is 1. The molecule has 0 aromatic heterocycles. The maximum Gasteiger partial charge on any atom is 0.147 e. The van der Waals surface area contributed by atoms with Gasteiger partial charge in [-0.3, -0.25) is 0 Å². The molecule has 0 spiro atoms. The molecule has 0 aliphatic heterocycles. The molecule has 1 aliphatic rings. The lowest BCUT2D eigenvalue weighted by Crippen LogP contribution is -2.57. The first kappa shape index (κ1) is 14.9. The van der Waals surface area contributed by atoms with Gasteiger partial charge in [0.25, 0.3) is 0 Å². The van der Waals surface area contributed by atoms with Crippen molar-refractivity contribution in [2.45, 2.75) is 43.7 Å². The third-order valence-electron chi connectivity index (χ3n) is 4.13. The van der Waals surface area contributed by atoms with Crippen LogP contribution in [0.5, 0.6) is 0 Å². The van der Waals surface area contributed by atoms with Crippen molar-refractivity contribution < 1.29 is 8.42 Å². The van der Waals surface area contributed by atoms with E-state index in [1.165, 1.54) is 19.1 Å². The summed E-state index contributed by atoms with van der Waals surface area (Å²) in [5.74, 6) is 0.272. The number of rotatable bonds is 6. The normalized spacial score (nSPS) is 21.9. The molecule has 4 nitrogen and oxygen atoms in total. The summed E-state index contributed by atoms with van der Waals surface area (Å²) in [5, 5.41) is 3.33. The van der Waals surface area contributed by atoms with Crippen molar-refractivity contribution in [3.63, 3.8) is 0 Å². The molecule has 0 heterocycles. The van der Waals surface area contributed by atoms with Crippen LogP contribution in [0.3, 0.4) is 0 Å². The maximum absolute atomic E-state index is 11.3. The van der Waals surface area contributed by atoms with E-state index in [4.69, 9.17) is 0 Å². The first-order chi connectivity index (χ1) is 7.82. The maximum atomic E-state index is 11.3. The molecule has 1 saturated carbocycles. The summed E-state index contributed by atoms with van der Waals surface area (Å²) in [4.78, 5) is 2.28. The number of nitrogens with one attached hydrogen (secondary N) is 1. The average Bonchev–Trinajstić information content (AvgIpc) is 2.67. The lowest BCUT2D eigenvalue weighted by atomic mass is 9.85. The average molecular weight is 262 g/mol. The Morgan fingerprint density at radius 1 is 1.29 bits per heavy atom. The summed E-state index contributed by atoms with van der Waals surface area (Å²) in [6.07, 6.45) is 6.83. The van der Waals surface area contributed by atoms with Crippen molar-refractivity contribution in [1.82, 2.24) is 10.2 Å². The van der Waals surface area contributed by atoms with Crippen LogP contribution >= 0.6 is 0 Å². The third-order valence-corrected chi connectivity index (χ3v) is 5.11. The molecule has 0 bridgehead atoms. The smallest absolute Gasteiger partial charge is 0.147 e. The zero-order chi connectivity index (χ0) is 13.1. The van der Waals surface area contributed by atoms with Crippen LogP contribution < -0.4 is 5.32 Å². The Balaban J connectivity index is 2.76. The van der Waals surface area contributed by atoms with Gasteiger partial charge < -0.3 is 10.2 Å². The van der Waals surface area contributed by atoms with Crippen LogP contribution in [0.4, 0.5) is 0 Å². The fraction of sp³-hybridized carbons (Fsp3) is 1.00. The Morgan fingerprint density at radius 3 is 2.18 bits per heavy atom. The molecular weight excluding hydrogens is 236 g/mol. The van der Waals surface area contributed by atoms with E-state index in [0.717, 1.165) is 12.8 Å². The van der Waals surface area contributed by atoms with Gasteiger partial charge in [-0.2, -0.15) is 0 Å². The minimum atomic E-state index is -2.87. The van der Waals surface area contributed by atoms with Gasteiger partial charge in [0.05, 0.1) is 5.75 Å². The van der Waals surface area contributed by atoms with E-state index < -0.39 is 9.84 Å². The van der Waals surface area contributed by atoms with Gasteiger partial charge in [0.1, 0.15) is 9.84 Å². The molecule has 17 heavy (non-hydrogen) atoms.